The van der Waals surface area contributed by atoms with Crippen molar-refractivity contribution in [3.8, 4) is 0 Å². The van der Waals surface area contributed by atoms with Crippen molar-refractivity contribution in [3.05, 3.63) is 0 Å². The van der Waals surface area contributed by atoms with Crippen LogP contribution in [0.5, 0.6) is 0 Å². The summed E-state index contributed by atoms with van der Waals surface area (Å²) in [7, 11) is -3.01. The summed E-state index contributed by atoms with van der Waals surface area (Å²) in [6.07, 6.45) is 4.19. The van der Waals surface area contributed by atoms with E-state index in [0.717, 1.165) is 25.7 Å². The van der Waals surface area contributed by atoms with Crippen molar-refractivity contribution in [2.24, 2.45) is 5.41 Å². The largest absolute Gasteiger partial charge is 0.212 e. The fourth-order valence-corrected chi connectivity index (χ4v) is 2.76. The van der Waals surface area contributed by atoms with E-state index < -0.39 is 10.0 Å². The van der Waals surface area contributed by atoms with Gasteiger partial charge < -0.3 is 0 Å². The van der Waals surface area contributed by atoms with Gasteiger partial charge in [0, 0.05) is 6.04 Å². The third kappa shape index (κ3) is 3.58. The van der Waals surface area contributed by atoms with Gasteiger partial charge in [0.2, 0.25) is 10.0 Å². The highest BCUT2D eigenvalue weighted by molar-refractivity contribution is 7.89. The lowest BCUT2D eigenvalue weighted by Gasteiger charge is -2.34. The van der Waals surface area contributed by atoms with Crippen molar-refractivity contribution in [2.45, 2.75) is 52.5 Å². The molecule has 1 rings (SSSR count). The molecule has 0 saturated heterocycles. The van der Waals surface area contributed by atoms with Gasteiger partial charge in [-0.1, -0.05) is 13.8 Å². The molecule has 1 aliphatic rings. The molecule has 14 heavy (non-hydrogen) atoms. The summed E-state index contributed by atoms with van der Waals surface area (Å²) in [6.45, 7) is 6.17. The molecule has 4 heteroatoms. The molecule has 1 saturated carbocycles. The van der Waals surface area contributed by atoms with Crippen LogP contribution in [0.25, 0.3) is 0 Å². The number of sulfonamides is 1. The Kier molecular flexibility index (Phi) is 3.58. The van der Waals surface area contributed by atoms with Gasteiger partial charge in [0.05, 0.1) is 5.75 Å². The van der Waals surface area contributed by atoms with Crippen LogP contribution in [0.2, 0.25) is 0 Å². The summed E-state index contributed by atoms with van der Waals surface area (Å²) in [6, 6.07) is 0.174. The summed E-state index contributed by atoms with van der Waals surface area (Å²) in [5.41, 5.74) is 0.397. The first kappa shape index (κ1) is 12.0. The first-order valence-corrected chi connectivity index (χ1v) is 7.00. The minimum Gasteiger partial charge on any atom is -0.212 e. The molecule has 0 aromatic rings. The zero-order valence-corrected chi connectivity index (χ0v) is 10.2. The predicted octanol–water partition coefficient (Wildman–Crippen LogP) is 1.89. The summed E-state index contributed by atoms with van der Waals surface area (Å²) in [5, 5.41) is 0. The topological polar surface area (TPSA) is 46.2 Å². The molecule has 1 N–H and O–H groups in total. The maximum atomic E-state index is 11.3. The molecule has 0 unspecified atom stereocenters. The first-order valence-electron chi connectivity index (χ1n) is 5.35. The summed E-state index contributed by atoms with van der Waals surface area (Å²) in [5.74, 6) is 0.187. The number of hydrogen-bond donors (Lipinski definition) is 1. The van der Waals surface area contributed by atoms with Crippen molar-refractivity contribution in [2.75, 3.05) is 5.75 Å². The number of nitrogens with one attached hydrogen (secondary N) is 1. The van der Waals surface area contributed by atoms with Gasteiger partial charge >= 0.3 is 0 Å². The van der Waals surface area contributed by atoms with Gasteiger partial charge in [-0.3, -0.25) is 0 Å². The van der Waals surface area contributed by atoms with Crippen molar-refractivity contribution in [1.29, 1.82) is 0 Å². The van der Waals surface area contributed by atoms with Gasteiger partial charge in [-0.2, -0.15) is 0 Å². The fourth-order valence-electron chi connectivity index (χ4n) is 1.85. The van der Waals surface area contributed by atoms with Gasteiger partial charge in [-0.05, 0) is 38.0 Å². The zero-order valence-electron chi connectivity index (χ0n) is 9.34. The molecule has 84 valence electrons. The van der Waals surface area contributed by atoms with Gasteiger partial charge in [-0.15, -0.1) is 0 Å². The van der Waals surface area contributed by atoms with E-state index in [1.807, 2.05) is 0 Å². The Morgan fingerprint density at radius 1 is 1.29 bits per heavy atom. The van der Waals surface area contributed by atoms with Crippen LogP contribution in [0.1, 0.15) is 46.5 Å². The SMILES string of the molecule is CCS(=O)(=O)NC1CCC(C)(C)CC1. The molecular weight excluding hydrogens is 198 g/mol. The predicted molar refractivity (Wildman–Crippen MR) is 58.6 cm³/mol. The van der Waals surface area contributed by atoms with E-state index in [4.69, 9.17) is 0 Å². The van der Waals surface area contributed by atoms with Gasteiger partial charge in [0.15, 0.2) is 0 Å². The highest BCUT2D eigenvalue weighted by Crippen LogP contribution is 2.35. The zero-order chi connectivity index (χ0) is 10.8. The van der Waals surface area contributed by atoms with Crippen LogP contribution in [0.4, 0.5) is 0 Å². The normalized spacial score (nSPS) is 23.6. The van der Waals surface area contributed by atoms with E-state index in [-0.39, 0.29) is 11.8 Å². The lowest BCUT2D eigenvalue weighted by molar-refractivity contribution is 0.218. The summed E-state index contributed by atoms with van der Waals surface area (Å²) < 4.78 is 25.4. The Bertz CT molecular complexity index is 272. The molecule has 0 radical (unpaired) electrons. The average Bonchev–Trinajstić information content (AvgIpc) is 2.09. The van der Waals surface area contributed by atoms with Crippen LogP contribution < -0.4 is 4.72 Å². The third-order valence-corrected chi connectivity index (χ3v) is 4.52. The van der Waals surface area contributed by atoms with Crippen LogP contribution in [0.3, 0.4) is 0 Å². The molecule has 1 fully saturated rings. The second-order valence-corrected chi connectivity index (χ2v) is 7.00. The van der Waals surface area contributed by atoms with E-state index in [9.17, 15) is 8.42 Å². The standard InChI is InChI=1S/C10H21NO2S/c1-4-14(12,13)11-9-5-7-10(2,3)8-6-9/h9,11H,4-8H2,1-3H3. The maximum Gasteiger partial charge on any atom is 0.211 e. The molecule has 0 aromatic heterocycles. The van der Waals surface area contributed by atoms with Crippen LogP contribution in [0.15, 0.2) is 0 Å². The molecule has 0 spiro atoms. The van der Waals surface area contributed by atoms with E-state index in [1.165, 1.54) is 0 Å². The minimum atomic E-state index is -3.01. The fraction of sp³-hybridized carbons (Fsp3) is 1.00. The molecule has 0 heterocycles. The summed E-state index contributed by atoms with van der Waals surface area (Å²) >= 11 is 0. The number of rotatable bonds is 3. The Hall–Kier alpha value is -0.0900. The second kappa shape index (κ2) is 4.19. The van der Waals surface area contributed by atoms with Crippen molar-refractivity contribution in [1.82, 2.24) is 4.72 Å². The lowest BCUT2D eigenvalue weighted by atomic mass is 9.76. The summed E-state index contributed by atoms with van der Waals surface area (Å²) in [4.78, 5) is 0. The van der Waals surface area contributed by atoms with Gasteiger partial charge in [0.25, 0.3) is 0 Å². The average molecular weight is 219 g/mol. The molecule has 1 aliphatic carbocycles. The maximum absolute atomic E-state index is 11.3. The Balaban J connectivity index is 2.44. The quantitative estimate of drug-likeness (QED) is 0.788. The van der Waals surface area contributed by atoms with Crippen molar-refractivity contribution < 1.29 is 8.42 Å². The van der Waals surface area contributed by atoms with Crippen molar-refractivity contribution in [3.63, 3.8) is 0 Å². The van der Waals surface area contributed by atoms with Crippen molar-refractivity contribution >= 4 is 10.0 Å². The monoisotopic (exact) mass is 219 g/mol. The smallest absolute Gasteiger partial charge is 0.211 e. The molecular formula is C10H21NO2S. The van der Waals surface area contributed by atoms with Gasteiger partial charge in [-0.25, -0.2) is 13.1 Å². The van der Waals surface area contributed by atoms with E-state index in [2.05, 4.69) is 18.6 Å². The Morgan fingerprint density at radius 3 is 2.21 bits per heavy atom. The van der Waals surface area contributed by atoms with Crippen LogP contribution in [0, 0.1) is 5.41 Å². The van der Waals surface area contributed by atoms with E-state index in [0.29, 0.717) is 5.41 Å². The van der Waals surface area contributed by atoms with Crippen LogP contribution >= 0.6 is 0 Å². The van der Waals surface area contributed by atoms with Crippen LogP contribution in [-0.2, 0) is 10.0 Å². The molecule has 0 atom stereocenters. The first-order chi connectivity index (χ1) is 6.35. The number of hydrogen-bond acceptors (Lipinski definition) is 2. The molecule has 3 nitrogen and oxygen atoms in total. The highest BCUT2D eigenvalue weighted by atomic mass is 32.2. The Labute approximate surface area is 87.3 Å². The molecule has 0 aromatic carbocycles. The molecule has 0 amide bonds. The highest BCUT2D eigenvalue weighted by Gasteiger charge is 2.28. The minimum absolute atomic E-state index is 0.174. The van der Waals surface area contributed by atoms with Crippen LogP contribution in [-0.4, -0.2) is 20.2 Å². The van der Waals surface area contributed by atoms with E-state index in [1.54, 1.807) is 6.92 Å². The van der Waals surface area contributed by atoms with Gasteiger partial charge in [0.1, 0.15) is 0 Å². The molecule has 0 bridgehead atoms. The van der Waals surface area contributed by atoms with E-state index >= 15 is 0 Å². The lowest BCUT2D eigenvalue weighted by Crippen LogP contribution is -2.39. The Morgan fingerprint density at radius 2 is 1.79 bits per heavy atom. The third-order valence-electron chi connectivity index (χ3n) is 3.07. The second-order valence-electron chi connectivity index (χ2n) is 4.96. The molecule has 0 aliphatic heterocycles.